The highest BCUT2D eigenvalue weighted by molar-refractivity contribution is 7.52. The number of aromatic nitrogens is 3. The van der Waals surface area contributed by atoms with Crippen molar-refractivity contribution in [2.75, 3.05) is 20.6 Å². The number of fused-ring (bicyclic) bond motifs is 2. The highest BCUT2D eigenvalue weighted by atomic mass is 31.2. The minimum atomic E-state index is -4.44. The zero-order chi connectivity index (χ0) is 37.7. The molecule has 1 atom stereocenters. The van der Waals surface area contributed by atoms with Crippen molar-refractivity contribution in [2.24, 2.45) is 0 Å². The molecule has 0 saturated heterocycles. The average Bonchev–Trinajstić information content (AvgIpc) is 3.77. The minimum absolute atomic E-state index is 0.0237. The third kappa shape index (κ3) is 6.71. The lowest BCUT2D eigenvalue weighted by atomic mass is 9.96. The molecule has 3 aromatic carbocycles. The largest absolute Gasteiger partial charge is 0.421 e. The number of hydrogen-bond donors (Lipinski definition) is 0. The van der Waals surface area contributed by atoms with Crippen molar-refractivity contribution >= 4 is 24.6 Å². The molecule has 1 unspecified atom stereocenters. The first-order valence-electron chi connectivity index (χ1n) is 16.9. The van der Waals surface area contributed by atoms with E-state index in [1.165, 1.54) is 38.2 Å². The molecule has 5 aromatic rings. The summed E-state index contributed by atoms with van der Waals surface area (Å²) < 4.78 is 86.2. The van der Waals surface area contributed by atoms with E-state index >= 15 is 4.39 Å². The third-order valence-corrected chi connectivity index (χ3v) is 11.2. The van der Waals surface area contributed by atoms with E-state index in [4.69, 9.17) is 18.9 Å². The Balaban J connectivity index is 1.50. The van der Waals surface area contributed by atoms with E-state index in [0.717, 1.165) is 62.8 Å². The summed E-state index contributed by atoms with van der Waals surface area (Å²) in [5.41, 5.74) is 6.02. The first-order chi connectivity index (χ1) is 24.5. The van der Waals surface area contributed by atoms with Gasteiger partial charge in [0.15, 0.2) is 0 Å². The van der Waals surface area contributed by atoms with E-state index in [9.17, 15) is 22.5 Å². The molecule has 1 aliphatic rings. The Morgan fingerprint density at radius 3 is 2.33 bits per heavy atom. The van der Waals surface area contributed by atoms with Gasteiger partial charge in [-0.3, -0.25) is 14.0 Å². The molecule has 1 aliphatic heterocycles. The van der Waals surface area contributed by atoms with Crippen LogP contribution in [0.15, 0.2) is 60.8 Å². The lowest BCUT2D eigenvalue weighted by Crippen LogP contribution is -2.36. The Morgan fingerprint density at radius 2 is 1.71 bits per heavy atom. The molecule has 14 heteroatoms. The van der Waals surface area contributed by atoms with E-state index < -0.39 is 43.6 Å². The number of benzene rings is 3. The number of nitrogens with zero attached hydrogens (tertiary/aromatic N) is 4. The van der Waals surface area contributed by atoms with E-state index in [0.29, 0.717) is 29.6 Å². The summed E-state index contributed by atoms with van der Waals surface area (Å²) in [6.45, 7) is 11.2. The van der Waals surface area contributed by atoms with E-state index in [2.05, 4.69) is 30.9 Å². The predicted octanol–water partition coefficient (Wildman–Crippen LogP) is 9.76. The first kappa shape index (κ1) is 37.5. The van der Waals surface area contributed by atoms with Gasteiger partial charge >= 0.3 is 19.9 Å². The third-order valence-electron chi connectivity index (χ3n) is 9.96. The van der Waals surface area contributed by atoms with Crippen molar-refractivity contribution in [1.29, 1.82) is 0 Å². The summed E-state index contributed by atoms with van der Waals surface area (Å²) in [6, 6.07) is 14.6. The van der Waals surface area contributed by atoms with Gasteiger partial charge in [0.1, 0.15) is 5.82 Å². The molecule has 0 spiro atoms. The number of hydrogen-bond acceptors (Lipinski definition) is 7. The molecule has 0 bridgehead atoms. The topological polar surface area (TPSA) is 87.8 Å². The normalized spacial score (nSPS) is 15.6. The Kier molecular flexibility index (Phi) is 10.0. The number of ether oxygens (including phenoxy) is 1. The Hall–Kier alpha value is -4.29. The van der Waals surface area contributed by atoms with Crippen molar-refractivity contribution in [2.45, 2.75) is 72.3 Å². The van der Waals surface area contributed by atoms with E-state index in [1.54, 1.807) is 19.1 Å². The number of alkyl halides is 3. The summed E-state index contributed by atoms with van der Waals surface area (Å²) in [7, 11) is -2.22. The maximum absolute atomic E-state index is 15.7. The van der Waals surface area contributed by atoms with Crippen LogP contribution < -0.4 is 0 Å². The SMILES string of the molecule is CCc1cccc(CC)c1-n1nc2c(c1-c1ccc(F)c3c1ccn3C(=O)OCOP(C)(=O)OC)CN(Cc1ccc(C(F)(F)F)cc1C)C2(C)C. The second kappa shape index (κ2) is 13.9. The fourth-order valence-corrected chi connectivity index (χ4v) is 7.29. The maximum Gasteiger partial charge on any atom is 0.420 e. The van der Waals surface area contributed by atoms with Gasteiger partial charge in [0.25, 0.3) is 0 Å². The van der Waals surface area contributed by atoms with Gasteiger partial charge in [-0.05, 0) is 86.2 Å². The molecule has 2 aromatic heterocycles. The lowest BCUT2D eigenvalue weighted by Gasteiger charge is -2.32. The number of rotatable bonds is 10. The van der Waals surface area contributed by atoms with Gasteiger partial charge in [0.2, 0.25) is 6.79 Å². The van der Waals surface area contributed by atoms with Crippen LogP contribution in [-0.4, -0.2) is 45.9 Å². The lowest BCUT2D eigenvalue weighted by molar-refractivity contribution is -0.137. The zero-order valence-corrected chi connectivity index (χ0v) is 31.0. The van der Waals surface area contributed by atoms with Crippen LogP contribution in [0.5, 0.6) is 0 Å². The monoisotopic (exact) mass is 740 g/mol. The van der Waals surface area contributed by atoms with Crippen LogP contribution in [0.4, 0.5) is 22.4 Å². The number of aryl methyl sites for hydroxylation is 3. The highest BCUT2D eigenvalue weighted by Crippen LogP contribution is 2.47. The van der Waals surface area contributed by atoms with Crippen LogP contribution in [-0.2, 0) is 56.0 Å². The molecule has 0 saturated carbocycles. The van der Waals surface area contributed by atoms with Crippen molar-refractivity contribution < 1.29 is 40.7 Å². The number of carbonyl (C=O) groups is 1. The Morgan fingerprint density at radius 1 is 1.02 bits per heavy atom. The molecule has 0 amide bonds. The number of carbonyl (C=O) groups excluding carboxylic acids is 1. The second-order valence-corrected chi connectivity index (χ2v) is 15.6. The van der Waals surface area contributed by atoms with Gasteiger partial charge in [-0.1, -0.05) is 38.1 Å². The highest BCUT2D eigenvalue weighted by Gasteiger charge is 2.44. The smallest absolute Gasteiger partial charge is 0.420 e. The number of halogens is 4. The van der Waals surface area contributed by atoms with Crippen molar-refractivity contribution in [1.82, 2.24) is 19.2 Å². The summed E-state index contributed by atoms with van der Waals surface area (Å²) in [5, 5.41) is 5.72. The fraction of sp³-hybridized carbons (Fsp3) is 0.368. The van der Waals surface area contributed by atoms with Gasteiger partial charge in [0.05, 0.1) is 33.7 Å². The molecular weight excluding hydrogens is 699 g/mol. The average molecular weight is 741 g/mol. The molecule has 3 heterocycles. The molecule has 276 valence electrons. The summed E-state index contributed by atoms with van der Waals surface area (Å²) in [5.74, 6) is -0.662. The van der Waals surface area contributed by atoms with Gasteiger partial charge in [-0.2, -0.15) is 18.3 Å². The molecule has 0 radical (unpaired) electrons. The van der Waals surface area contributed by atoms with E-state index in [1.807, 2.05) is 24.6 Å². The van der Waals surface area contributed by atoms with Crippen molar-refractivity contribution in [3.05, 3.63) is 106 Å². The quantitative estimate of drug-likeness (QED) is 0.0801. The summed E-state index contributed by atoms with van der Waals surface area (Å²) >= 11 is 0. The van der Waals surface area contributed by atoms with Gasteiger partial charge in [-0.15, -0.1) is 0 Å². The van der Waals surface area contributed by atoms with Gasteiger partial charge < -0.3 is 9.26 Å². The summed E-state index contributed by atoms with van der Waals surface area (Å²) in [6.07, 6.45) is -2.52. The molecule has 0 N–H and O–H groups in total. The van der Waals surface area contributed by atoms with Crippen LogP contribution in [0.3, 0.4) is 0 Å². The standard InChI is InChI=1S/C38H41F4N4O5P/c1-8-24-11-10-12-25(9-2)32(24)46-33(28-15-16-31(39)34-29(28)17-18-45(34)36(47)50-22-51-52(7,48)49-6)30-21-44(37(4,5)35(30)43-46)20-26-13-14-27(19-23(26)3)38(40,41)42/h10-19H,8-9,20-22H2,1-7H3. The second-order valence-electron chi connectivity index (χ2n) is 13.4. The van der Waals surface area contributed by atoms with Crippen LogP contribution >= 0.6 is 7.60 Å². The summed E-state index contributed by atoms with van der Waals surface area (Å²) in [4.78, 5) is 15.3. The molecule has 0 fully saturated rings. The Labute approximate surface area is 299 Å². The predicted molar refractivity (Wildman–Crippen MR) is 190 cm³/mol. The molecule has 52 heavy (non-hydrogen) atoms. The molecular formula is C38H41F4N4O5P. The number of para-hydroxylation sites is 1. The van der Waals surface area contributed by atoms with E-state index in [-0.39, 0.29) is 5.52 Å². The van der Waals surface area contributed by atoms with Crippen molar-refractivity contribution in [3.8, 4) is 16.9 Å². The maximum atomic E-state index is 15.7. The Bertz CT molecular complexity index is 2200. The van der Waals surface area contributed by atoms with Gasteiger partial charge in [0, 0.05) is 49.6 Å². The van der Waals surface area contributed by atoms with Crippen LogP contribution in [0, 0.1) is 12.7 Å². The van der Waals surface area contributed by atoms with Crippen LogP contribution in [0.25, 0.3) is 27.8 Å². The van der Waals surface area contributed by atoms with Crippen LogP contribution in [0.2, 0.25) is 0 Å². The molecule has 0 aliphatic carbocycles. The molecule has 6 rings (SSSR count). The van der Waals surface area contributed by atoms with Gasteiger partial charge in [-0.25, -0.2) is 18.4 Å². The fourth-order valence-electron chi connectivity index (χ4n) is 6.94. The zero-order valence-electron chi connectivity index (χ0n) is 30.1. The molecule has 9 nitrogen and oxygen atoms in total. The first-order valence-corrected chi connectivity index (χ1v) is 18.9. The van der Waals surface area contributed by atoms with Crippen molar-refractivity contribution in [3.63, 3.8) is 0 Å². The minimum Gasteiger partial charge on any atom is -0.421 e. The van der Waals surface area contributed by atoms with Crippen LogP contribution in [0.1, 0.15) is 66.8 Å².